The molecule has 0 spiro atoms. The average Bonchev–Trinajstić information content (AvgIpc) is 2.51. The Morgan fingerprint density at radius 3 is 2.59 bits per heavy atom. The van der Waals surface area contributed by atoms with Crippen LogP contribution in [-0.4, -0.2) is 42.9 Å². The van der Waals surface area contributed by atoms with Crippen molar-refractivity contribution < 1.29 is 9.59 Å². The minimum absolute atomic E-state index is 0.0490. The van der Waals surface area contributed by atoms with Gasteiger partial charge in [0.15, 0.2) is 0 Å². The molecule has 7 heteroatoms. The van der Waals surface area contributed by atoms with Gasteiger partial charge in [0, 0.05) is 41.8 Å². The maximum atomic E-state index is 12.5. The van der Waals surface area contributed by atoms with Gasteiger partial charge in [0.25, 0.3) is 5.91 Å². The van der Waals surface area contributed by atoms with E-state index >= 15 is 0 Å². The molecule has 0 bridgehead atoms. The normalized spacial score (nSPS) is 18.1. The standard InChI is InChI=1S/C15H19Cl2N3O2/c16-12-6-11(7-13(17)8-12)15(22)20-5-1-2-10(9-20)14(21)19-4-3-18/h6-8,10H,1-5,9,18H2,(H,19,21). The molecule has 2 rings (SSSR count). The van der Waals surface area contributed by atoms with Gasteiger partial charge in [-0.3, -0.25) is 9.59 Å². The SMILES string of the molecule is NCCNC(=O)C1CCCN(C(=O)c2cc(Cl)cc(Cl)c2)C1. The summed E-state index contributed by atoms with van der Waals surface area (Å²) in [5.74, 6) is -0.397. The van der Waals surface area contributed by atoms with Crippen LogP contribution >= 0.6 is 23.2 Å². The van der Waals surface area contributed by atoms with Crippen molar-refractivity contribution in [3.63, 3.8) is 0 Å². The van der Waals surface area contributed by atoms with E-state index in [0.717, 1.165) is 12.8 Å². The molecule has 1 atom stereocenters. The molecule has 1 aliphatic heterocycles. The number of likely N-dealkylation sites (tertiary alicyclic amines) is 1. The fourth-order valence-corrected chi connectivity index (χ4v) is 3.10. The van der Waals surface area contributed by atoms with Crippen LogP contribution < -0.4 is 11.1 Å². The largest absolute Gasteiger partial charge is 0.355 e. The molecule has 0 radical (unpaired) electrons. The Bertz CT molecular complexity index is 545. The monoisotopic (exact) mass is 343 g/mol. The van der Waals surface area contributed by atoms with Crippen molar-refractivity contribution in [1.29, 1.82) is 0 Å². The summed E-state index contributed by atoms with van der Waals surface area (Å²) >= 11 is 11.9. The van der Waals surface area contributed by atoms with Gasteiger partial charge >= 0.3 is 0 Å². The number of halogens is 2. The second kappa shape index (κ2) is 7.81. The van der Waals surface area contributed by atoms with Crippen molar-refractivity contribution in [2.24, 2.45) is 11.7 Å². The molecule has 3 N–H and O–H groups in total. The van der Waals surface area contributed by atoms with Crippen LogP contribution in [0.2, 0.25) is 10.0 Å². The Labute approximate surface area is 139 Å². The molecular formula is C15H19Cl2N3O2. The highest BCUT2D eigenvalue weighted by molar-refractivity contribution is 6.35. The summed E-state index contributed by atoms with van der Waals surface area (Å²) in [7, 11) is 0. The van der Waals surface area contributed by atoms with Crippen LogP contribution in [0.5, 0.6) is 0 Å². The van der Waals surface area contributed by atoms with Crippen molar-refractivity contribution >= 4 is 35.0 Å². The lowest BCUT2D eigenvalue weighted by Gasteiger charge is -2.32. The van der Waals surface area contributed by atoms with E-state index in [0.29, 0.717) is 41.8 Å². The molecular weight excluding hydrogens is 325 g/mol. The highest BCUT2D eigenvalue weighted by Crippen LogP contribution is 2.23. The molecule has 1 aliphatic rings. The first-order chi connectivity index (χ1) is 10.5. The molecule has 1 aromatic rings. The Hall–Kier alpha value is -1.30. The maximum Gasteiger partial charge on any atom is 0.253 e. The lowest BCUT2D eigenvalue weighted by atomic mass is 9.96. The zero-order valence-electron chi connectivity index (χ0n) is 12.1. The molecule has 1 saturated heterocycles. The number of nitrogens with zero attached hydrogens (tertiary/aromatic N) is 1. The Morgan fingerprint density at radius 2 is 1.95 bits per heavy atom. The number of nitrogens with one attached hydrogen (secondary N) is 1. The van der Waals surface area contributed by atoms with Crippen molar-refractivity contribution in [3.05, 3.63) is 33.8 Å². The zero-order valence-corrected chi connectivity index (χ0v) is 13.7. The predicted octanol–water partition coefficient (Wildman–Crippen LogP) is 1.92. The van der Waals surface area contributed by atoms with E-state index < -0.39 is 0 Å². The molecule has 120 valence electrons. The first-order valence-electron chi connectivity index (χ1n) is 7.24. The number of hydrogen-bond acceptors (Lipinski definition) is 3. The van der Waals surface area contributed by atoms with E-state index in [-0.39, 0.29) is 17.7 Å². The minimum Gasteiger partial charge on any atom is -0.355 e. The van der Waals surface area contributed by atoms with Crippen LogP contribution in [0.1, 0.15) is 23.2 Å². The van der Waals surface area contributed by atoms with Gasteiger partial charge in [-0.2, -0.15) is 0 Å². The highest BCUT2D eigenvalue weighted by Gasteiger charge is 2.28. The number of amides is 2. The molecule has 22 heavy (non-hydrogen) atoms. The van der Waals surface area contributed by atoms with Crippen LogP contribution in [0.25, 0.3) is 0 Å². The smallest absolute Gasteiger partial charge is 0.253 e. The summed E-state index contributed by atoms with van der Waals surface area (Å²) in [4.78, 5) is 26.2. The first-order valence-corrected chi connectivity index (χ1v) is 8.00. The number of piperidine rings is 1. The summed E-state index contributed by atoms with van der Waals surface area (Å²) in [5.41, 5.74) is 5.83. The fourth-order valence-electron chi connectivity index (χ4n) is 2.58. The van der Waals surface area contributed by atoms with Gasteiger partial charge < -0.3 is 16.0 Å². The van der Waals surface area contributed by atoms with E-state index in [9.17, 15) is 9.59 Å². The number of carbonyl (C=O) groups is 2. The summed E-state index contributed by atoms with van der Waals surface area (Å²) in [5, 5.41) is 3.62. The van der Waals surface area contributed by atoms with E-state index in [1.54, 1.807) is 23.1 Å². The van der Waals surface area contributed by atoms with Gasteiger partial charge in [-0.1, -0.05) is 23.2 Å². The summed E-state index contributed by atoms with van der Waals surface area (Å²) in [6.07, 6.45) is 1.57. The second-order valence-corrected chi connectivity index (χ2v) is 6.20. The Morgan fingerprint density at radius 1 is 1.27 bits per heavy atom. The molecule has 0 aliphatic carbocycles. The Kier molecular flexibility index (Phi) is 6.06. The molecule has 0 saturated carbocycles. The summed E-state index contributed by atoms with van der Waals surface area (Å²) < 4.78 is 0. The van der Waals surface area contributed by atoms with Gasteiger partial charge in [-0.25, -0.2) is 0 Å². The fraction of sp³-hybridized carbons (Fsp3) is 0.467. The number of carbonyl (C=O) groups excluding carboxylic acids is 2. The highest BCUT2D eigenvalue weighted by atomic mass is 35.5. The lowest BCUT2D eigenvalue weighted by Crippen LogP contribution is -2.46. The first kappa shape index (κ1) is 17.1. The topological polar surface area (TPSA) is 75.4 Å². The maximum absolute atomic E-state index is 12.5. The molecule has 2 amide bonds. The van der Waals surface area contributed by atoms with Crippen LogP contribution in [0.4, 0.5) is 0 Å². The van der Waals surface area contributed by atoms with Crippen LogP contribution in [0.3, 0.4) is 0 Å². The molecule has 5 nitrogen and oxygen atoms in total. The van der Waals surface area contributed by atoms with Crippen LogP contribution in [0, 0.1) is 5.92 Å². The van der Waals surface area contributed by atoms with Crippen molar-refractivity contribution in [3.8, 4) is 0 Å². The summed E-state index contributed by atoms with van der Waals surface area (Å²) in [6, 6.07) is 4.76. The summed E-state index contributed by atoms with van der Waals surface area (Å²) in [6.45, 7) is 1.89. The second-order valence-electron chi connectivity index (χ2n) is 5.33. The van der Waals surface area contributed by atoms with Gasteiger partial charge in [0.2, 0.25) is 5.91 Å². The van der Waals surface area contributed by atoms with Crippen LogP contribution in [0.15, 0.2) is 18.2 Å². The van der Waals surface area contributed by atoms with Gasteiger partial charge in [0.05, 0.1) is 5.92 Å². The minimum atomic E-state index is -0.195. The van der Waals surface area contributed by atoms with E-state index in [1.165, 1.54) is 0 Å². The Balaban J connectivity index is 2.05. The number of rotatable bonds is 4. The zero-order chi connectivity index (χ0) is 16.1. The van der Waals surface area contributed by atoms with Gasteiger partial charge in [-0.15, -0.1) is 0 Å². The molecule has 1 fully saturated rings. The van der Waals surface area contributed by atoms with Crippen molar-refractivity contribution in [2.75, 3.05) is 26.2 Å². The molecule has 1 heterocycles. The molecule has 1 aromatic carbocycles. The predicted molar refractivity (Wildman–Crippen MR) is 87.2 cm³/mol. The third kappa shape index (κ3) is 4.35. The average molecular weight is 344 g/mol. The van der Waals surface area contributed by atoms with E-state index in [1.807, 2.05) is 0 Å². The van der Waals surface area contributed by atoms with Gasteiger partial charge in [-0.05, 0) is 31.0 Å². The molecule has 0 aromatic heterocycles. The van der Waals surface area contributed by atoms with Crippen LogP contribution in [-0.2, 0) is 4.79 Å². The van der Waals surface area contributed by atoms with E-state index in [2.05, 4.69) is 5.32 Å². The third-order valence-electron chi connectivity index (χ3n) is 3.63. The third-order valence-corrected chi connectivity index (χ3v) is 4.07. The van der Waals surface area contributed by atoms with E-state index in [4.69, 9.17) is 28.9 Å². The molecule has 1 unspecified atom stereocenters. The van der Waals surface area contributed by atoms with Crippen molar-refractivity contribution in [1.82, 2.24) is 10.2 Å². The number of hydrogen-bond donors (Lipinski definition) is 2. The quantitative estimate of drug-likeness (QED) is 0.876. The van der Waals surface area contributed by atoms with Gasteiger partial charge in [0.1, 0.15) is 0 Å². The van der Waals surface area contributed by atoms with Crippen molar-refractivity contribution in [2.45, 2.75) is 12.8 Å². The lowest BCUT2D eigenvalue weighted by molar-refractivity contribution is -0.126. The number of benzene rings is 1. The number of nitrogens with two attached hydrogens (primary N) is 1.